The van der Waals surface area contributed by atoms with Gasteiger partial charge in [-0.15, -0.1) is 0 Å². The van der Waals surface area contributed by atoms with Gasteiger partial charge in [-0.3, -0.25) is 9.47 Å². The van der Waals surface area contributed by atoms with Gasteiger partial charge in [-0.1, -0.05) is 42.5 Å². The van der Waals surface area contributed by atoms with Gasteiger partial charge in [0.05, 0.1) is 20.3 Å². The van der Waals surface area contributed by atoms with E-state index in [0.717, 1.165) is 29.4 Å². The van der Waals surface area contributed by atoms with Crippen LogP contribution in [0.25, 0.3) is 0 Å². The maximum atomic E-state index is 5.80. The lowest BCUT2D eigenvalue weighted by Gasteiger charge is -2.17. The van der Waals surface area contributed by atoms with E-state index in [1.165, 1.54) is 24.0 Å². The summed E-state index contributed by atoms with van der Waals surface area (Å²) in [5.41, 5.74) is 2.46. The summed E-state index contributed by atoms with van der Waals surface area (Å²) in [5.74, 6) is 2.56. The highest BCUT2D eigenvalue weighted by Gasteiger charge is 2.30. The second kappa shape index (κ2) is 8.29. The van der Waals surface area contributed by atoms with E-state index in [2.05, 4.69) is 52.9 Å². The molecule has 0 radical (unpaired) electrons. The lowest BCUT2D eigenvalue weighted by molar-refractivity contribution is 0.243. The lowest BCUT2D eigenvalue weighted by atomic mass is 10.2. The Morgan fingerprint density at radius 2 is 1.86 bits per heavy atom. The molecule has 1 aliphatic carbocycles. The van der Waals surface area contributed by atoms with Crippen LogP contribution in [0.15, 0.2) is 54.6 Å². The quantitative estimate of drug-likeness (QED) is 0.529. The molecule has 1 aromatic heterocycles. The number of nitrogens with zero attached hydrogens (tertiary/aromatic N) is 4. The van der Waals surface area contributed by atoms with Crippen molar-refractivity contribution < 1.29 is 4.74 Å². The Labute approximate surface area is 171 Å². The molecule has 146 valence electrons. The van der Waals surface area contributed by atoms with Crippen LogP contribution in [0.2, 0.25) is 0 Å². The lowest BCUT2D eigenvalue weighted by Crippen LogP contribution is -2.22. The van der Waals surface area contributed by atoms with Crippen molar-refractivity contribution in [1.82, 2.24) is 19.2 Å². The van der Waals surface area contributed by atoms with Crippen molar-refractivity contribution in [3.05, 3.63) is 76.3 Å². The molecule has 6 heteroatoms. The van der Waals surface area contributed by atoms with Crippen LogP contribution in [-0.4, -0.2) is 33.4 Å². The van der Waals surface area contributed by atoms with Gasteiger partial charge in [-0.05, 0) is 55.4 Å². The minimum Gasteiger partial charge on any atom is -0.497 e. The second-order valence-corrected chi connectivity index (χ2v) is 7.86. The average molecular weight is 395 g/mol. The van der Waals surface area contributed by atoms with Crippen molar-refractivity contribution in [2.75, 3.05) is 14.2 Å². The summed E-state index contributed by atoms with van der Waals surface area (Å²) in [4.78, 5) is 2.22. The minimum absolute atomic E-state index is 0.551. The van der Waals surface area contributed by atoms with E-state index in [1.54, 1.807) is 7.11 Å². The van der Waals surface area contributed by atoms with Crippen molar-refractivity contribution in [2.45, 2.75) is 38.5 Å². The number of hydrogen-bond donors (Lipinski definition) is 0. The fourth-order valence-electron chi connectivity index (χ4n) is 3.47. The number of methoxy groups -OCH3 is 1. The molecule has 2 aromatic carbocycles. The van der Waals surface area contributed by atoms with Gasteiger partial charge in [0.2, 0.25) is 0 Å². The maximum Gasteiger partial charge on any atom is 0.199 e. The third-order valence-corrected chi connectivity index (χ3v) is 5.47. The van der Waals surface area contributed by atoms with Crippen LogP contribution in [0.4, 0.5) is 0 Å². The van der Waals surface area contributed by atoms with Crippen molar-refractivity contribution in [1.29, 1.82) is 0 Å². The highest BCUT2D eigenvalue weighted by Crippen LogP contribution is 2.39. The largest absolute Gasteiger partial charge is 0.497 e. The summed E-state index contributed by atoms with van der Waals surface area (Å²) in [6.07, 6.45) is 2.42. The molecule has 0 unspecified atom stereocenters. The van der Waals surface area contributed by atoms with Crippen LogP contribution < -0.4 is 4.74 Å². The van der Waals surface area contributed by atoms with Crippen LogP contribution in [0, 0.1) is 4.77 Å². The number of ether oxygens (including phenoxy) is 1. The number of hydrogen-bond acceptors (Lipinski definition) is 4. The summed E-state index contributed by atoms with van der Waals surface area (Å²) in [5, 5.41) is 4.89. The van der Waals surface area contributed by atoms with Gasteiger partial charge in [-0.25, -0.2) is 4.68 Å². The number of aromatic nitrogens is 3. The molecule has 0 spiro atoms. The Bertz CT molecular complexity index is 991. The molecule has 0 saturated heterocycles. The molecule has 1 aliphatic rings. The van der Waals surface area contributed by atoms with Crippen molar-refractivity contribution in [2.24, 2.45) is 0 Å². The normalized spacial score (nSPS) is 13.8. The first kappa shape index (κ1) is 18.9. The summed E-state index contributed by atoms with van der Waals surface area (Å²) in [7, 11) is 3.79. The molecule has 0 N–H and O–H groups in total. The Kier molecular flexibility index (Phi) is 5.59. The van der Waals surface area contributed by atoms with Gasteiger partial charge in [0, 0.05) is 12.5 Å². The molecular formula is C22H26N4OS. The van der Waals surface area contributed by atoms with Gasteiger partial charge >= 0.3 is 0 Å². The van der Waals surface area contributed by atoms with E-state index >= 15 is 0 Å². The molecule has 0 amide bonds. The van der Waals surface area contributed by atoms with Crippen molar-refractivity contribution in [3.8, 4) is 5.75 Å². The first-order valence-corrected chi connectivity index (χ1v) is 10.1. The molecule has 3 aromatic rings. The molecule has 1 saturated carbocycles. The molecule has 0 bridgehead atoms. The standard InChI is InChI=1S/C22H26N4OS/c1-24(14-18-9-6-10-20(13-18)27-2)16-26-22(28)25(21(23-26)19-11-12-19)15-17-7-4-3-5-8-17/h3-10,13,19H,11-12,14-16H2,1-2H3. The van der Waals surface area contributed by atoms with E-state index < -0.39 is 0 Å². The molecule has 0 atom stereocenters. The van der Waals surface area contributed by atoms with E-state index in [9.17, 15) is 0 Å². The summed E-state index contributed by atoms with van der Waals surface area (Å²) in [6, 6.07) is 18.6. The molecule has 1 fully saturated rings. The first-order chi connectivity index (χ1) is 13.6. The first-order valence-electron chi connectivity index (χ1n) is 9.67. The second-order valence-electron chi connectivity index (χ2n) is 7.49. The topological polar surface area (TPSA) is 35.2 Å². The smallest absolute Gasteiger partial charge is 0.199 e. The zero-order valence-corrected chi connectivity index (χ0v) is 17.2. The monoisotopic (exact) mass is 394 g/mol. The predicted octanol–water partition coefficient (Wildman–Crippen LogP) is 4.44. The van der Waals surface area contributed by atoms with Gasteiger partial charge < -0.3 is 4.74 Å². The fraction of sp³-hybridized carbons (Fsp3) is 0.364. The Balaban J connectivity index is 1.52. The van der Waals surface area contributed by atoms with E-state index in [4.69, 9.17) is 22.1 Å². The van der Waals surface area contributed by atoms with Gasteiger partial charge in [0.25, 0.3) is 0 Å². The van der Waals surface area contributed by atoms with Gasteiger partial charge in [0.1, 0.15) is 11.6 Å². The maximum absolute atomic E-state index is 5.80. The zero-order chi connectivity index (χ0) is 19.5. The predicted molar refractivity (Wildman–Crippen MR) is 113 cm³/mol. The van der Waals surface area contributed by atoms with Crippen molar-refractivity contribution in [3.63, 3.8) is 0 Å². The van der Waals surface area contributed by atoms with Crippen LogP contribution in [0.1, 0.15) is 35.7 Å². The molecule has 0 aliphatic heterocycles. The SMILES string of the molecule is COc1cccc(CN(C)Cn2nc(C3CC3)n(Cc3ccccc3)c2=S)c1. The highest BCUT2D eigenvalue weighted by atomic mass is 32.1. The van der Waals surface area contributed by atoms with Gasteiger partial charge in [-0.2, -0.15) is 5.10 Å². The summed E-state index contributed by atoms with van der Waals surface area (Å²) in [6.45, 7) is 2.26. The number of rotatable bonds is 8. The third kappa shape index (κ3) is 4.34. The molecule has 4 rings (SSSR count). The zero-order valence-electron chi connectivity index (χ0n) is 16.4. The molecule has 5 nitrogen and oxygen atoms in total. The Hall–Kier alpha value is -2.44. The molecular weight excluding hydrogens is 368 g/mol. The van der Waals surface area contributed by atoms with Gasteiger partial charge in [0.15, 0.2) is 4.77 Å². The average Bonchev–Trinajstić information content (AvgIpc) is 3.51. The van der Waals surface area contributed by atoms with Crippen LogP contribution in [-0.2, 0) is 19.8 Å². The Morgan fingerprint density at radius 3 is 2.57 bits per heavy atom. The summed E-state index contributed by atoms with van der Waals surface area (Å²) >= 11 is 5.80. The van der Waals surface area contributed by atoms with Crippen LogP contribution in [0.3, 0.4) is 0 Å². The molecule has 1 heterocycles. The number of benzene rings is 2. The highest BCUT2D eigenvalue weighted by molar-refractivity contribution is 7.71. The van der Waals surface area contributed by atoms with Crippen molar-refractivity contribution >= 4 is 12.2 Å². The van der Waals surface area contributed by atoms with Crippen LogP contribution in [0.5, 0.6) is 5.75 Å². The third-order valence-electron chi connectivity index (χ3n) is 5.04. The Morgan fingerprint density at radius 1 is 1.11 bits per heavy atom. The van der Waals surface area contributed by atoms with E-state index in [-0.39, 0.29) is 0 Å². The minimum atomic E-state index is 0.551. The summed E-state index contributed by atoms with van der Waals surface area (Å²) < 4.78 is 10.3. The van der Waals surface area contributed by atoms with E-state index in [0.29, 0.717) is 12.6 Å². The fourth-order valence-corrected chi connectivity index (χ4v) is 3.73. The van der Waals surface area contributed by atoms with Crippen LogP contribution >= 0.6 is 12.2 Å². The molecule has 28 heavy (non-hydrogen) atoms. The van der Waals surface area contributed by atoms with E-state index in [1.807, 2.05) is 22.9 Å².